The fourth-order valence-corrected chi connectivity index (χ4v) is 9.07. The number of hydrogen-bond acceptors (Lipinski definition) is 5. The summed E-state index contributed by atoms with van der Waals surface area (Å²) in [6, 6.07) is 0.571. The minimum absolute atomic E-state index is 0.0673. The number of nitrogens with zero attached hydrogens (tertiary/aromatic N) is 1. The lowest BCUT2D eigenvalue weighted by atomic mass is 9.65. The molecule has 1 aliphatic heterocycles. The lowest BCUT2D eigenvalue weighted by Gasteiger charge is -2.45. The highest BCUT2D eigenvalue weighted by atomic mass is 16.6. The van der Waals surface area contributed by atoms with E-state index in [-0.39, 0.29) is 36.0 Å². The van der Waals surface area contributed by atoms with Gasteiger partial charge in [-0.3, -0.25) is 15.1 Å². The van der Waals surface area contributed by atoms with Crippen LogP contribution in [0.1, 0.15) is 117 Å². The maximum absolute atomic E-state index is 13.9. The Hall–Kier alpha value is -1.83. The van der Waals surface area contributed by atoms with E-state index >= 15 is 0 Å². The van der Waals surface area contributed by atoms with Gasteiger partial charge < -0.3 is 21.1 Å². The summed E-state index contributed by atoms with van der Waals surface area (Å²) in [4.78, 5) is 28.7. The molecule has 5 aliphatic rings. The van der Waals surface area contributed by atoms with E-state index in [1.54, 1.807) is 0 Å². The molecule has 7 unspecified atom stereocenters. The van der Waals surface area contributed by atoms with Crippen molar-refractivity contribution in [2.75, 3.05) is 6.54 Å². The fraction of sp³-hybridized carbons (Fsp3) is 0.906. The number of fused-ring (bicyclic) bond motifs is 2. The van der Waals surface area contributed by atoms with Crippen LogP contribution in [0.15, 0.2) is 0 Å². The van der Waals surface area contributed by atoms with Gasteiger partial charge in [0, 0.05) is 30.6 Å². The number of ether oxygens (including phenoxy) is 1. The normalized spacial score (nSPS) is 38.5. The van der Waals surface area contributed by atoms with Crippen LogP contribution >= 0.6 is 0 Å². The van der Waals surface area contributed by atoms with Crippen molar-refractivity contribution in [3.05, 3.63) is 0 Å². The van der Waals surface area contributed by atoms with E-state index < -0.39 is 5.60 Å². The van der Waals surface area contributed by atoms with Gasteiger partial charge in [0.1, 0.15) is 5.60 Å². The Morgan fingerprint density at radius 2 is 1.52 bits per heavy atom. The first-order valence-corrected chi connectivity index (χ1v) is 16.5. The molecule has 5 fully saturated rings. The van der Waals surface area contributed by atoms with Gasteiger partial charge >= 0.3 is 6.09 Å². The molecule has 40 heavy (non-hydrogen) atoms. The molecule has 0 spiro atoms. The first kappa shape index (κ1) is 29.7. The Labute approximate surface area is 241 Å². The summed E-state index contributed by atoms with van der Waals surface area (Å²) >= 11 is 0. The SMILES string of the molecule is CC(C)(C)OC(=O)NC1CCC(NC(=O)C2CC3CCC(C(=N)N)CC3N2CC2CCCC3CCCCC32)CC1. The number of rotatable bonds is 6. The summed E-state index contributed by atoms with van der Waals surface area (Å²) in [5, 5.41) is 14.6. The second-order valence-electron chi connectivity index (χ2n) is 14.8. The average Bonchev–Trinajstić information content (AvgIpc) is 3.26. The van der Waals surface area contributed by atoms with E-state index in [4.69, 9.17) is 15.9 Å². The molecule has 0 bridgehead atoms. The summed E-state index contributed by atoms with van der Waals surface area (Å²) in [6.07, 6.45) is 16.6. The molecule has 1 heterocycles. The minimum Gasteiger partial charge on any atom is -0.444 e. The third-order valence-corrected chi connectivity index (χ3v) is 11.0. The van der Waals surface area contributed by atoms with E-state index in [2.05, 4.69) is 15.5 Å². The average molecular weight is 558 g/mol. The van der Waals surface area contributed by atoms with Crippen molar-refractivity contribution in [2.45, 2.75) is 147 Å². The van der Waals surface area contributed by atoms with Gasteiger partial charge in [-0.2, -0.15) is 0 Å². The second-order valence-corrected chi connectivity index (χ2v) is 14.8. The quantitative estimate of drug-likeness (QED) is 0.260. The molecule has 0 aromatic carbocycles. The molecule has 1 saturated heterocycles. The number of carbonyl (C=O) groups is 2. The Bertz CT molecular complexity index is 909. The predicted octanol–water partition coefficient (Wildman–Crippen LogP) is 5.34. The van der Waals surface area contributed by atoms with Gasteiger partial charge in [-0.05, 0) is 109 Å². The third-order valence-electron chi connectivity index (χ3n) is 11.0. The second kappa shape index (κ2) is 12.6. The first-order valence-electron chi connectivity index (χ1n) is 16.5. The number of amidine groups is 1. The highest BCUT2D eigenvalue weighted by Gasteiger charge is 2.49. The van der Waals surface area contributed by atoms with Crippen LogP contribution in [0, 0.1) is 35.0 Å². The van der Waals surface area contributed by atoms with Crippen LogP contribution in [0.3, 0.4) is 0 Å². The summed E-state index contributed by atoms with van der Waals surface area (Å²) in [5.41, 5.74) is 5.51. The lowest BCUT2D eigenvalue weighted by Crippen LogP contribution is -2.53. The Morgan fingerprint density at radius 1 is 0.850 bits per heavy atom. The van der Waals surface area contributed by atoms with Crippen molar-refractivity contribution >= 4 is 17.8 Å². The Balaban J connectivity index is 1.21. The maximum atomic E-state index is 13.9. The highest BCUT2D eigenvalue weighted by molar-refractivity contribution is 5.83. The van der Waals surface area contributed by atoms with Crippen LogP contribution in [-0.4, -0.2) is 59.0 Å². The van der Waals surface area contributed by atoms with Gasteiger partial charge in [0.15, 0.2) is 0 Å². The number of nitrogens with two attached hydrogens (primary N) is 1. The van der Waals surface area contributed by atoms with Gasteiger partial charge in [-0.15, -0.1) is 0 Å². The van der Waals surface area contributed by atoms with Gasteiger partial charge in [-0.1, -0.05) is 32.1 Å². The van der Waals surface area contributed by atoms with E-state index in [1.807, 2.05) is 20.8 Å². The number of hydrogen-bond donors (Lipinski definition) is 4. The largest absolute Gasteiger partial charge is 0.444 e. The number of nitrogens with one attached hydrogen (secondary N) is 3. The fourth-order valence-electron chi connectivity index (χ4n) is 9.07. The molecule has 4 aliphatic carbocycles. The molecule has 7 atom stereocenters. The number of amides is 2. The van der Waals surface area contributed by atoms with E-state index in [0.29, 0.717) is 23.7 Å². The lowest BCUT2D eigenvalue weighted by molar-refractivity contribution is -0.127. The molecule has 0 aromatic heterocycles. The first-order chi connectivity index (χ1) is 19.1. The molecule has 8 nitrogen and oxygen atoms in total. The Kier molecular flexibility index (Phi) is 9.33. The van der Waals surface area contributed by atoms with Gasteiger partial charge in [-0.25, -0.2) is 4.79 Å². The van der Waals surface area contributed by atoms with E-state index in [1.165, 1.54) is 44.9 Å². The van der Waals surface area contributed by atoms with Gasteiger partial charge in [0.25, 0.3) is 0 Å². The standard InChI is InChI=1S/C32H55N5O3/c1-32(2,3)40-31(39)36-25-15-13-24(14-16-25)35-30(38)28-17-21-11-12-22(29(33)34)18-27(21)37(28)19-23-9-6-8-20-7-4-5-10-26(20)23/h20-28H,4-19H2,1-3H3,(H3,33,34)(H,35,38)(H,36,39). The molecule has 226 valence electrons. The minimum atomic E-state index is -0.500. The maximum Gasteiger partial charge on any atom is 0.407 e. The van der Waals surface area contributed by atoms with Crippen LogP contribution in [0.25, 0.3) is 0 Å². The number of alkyl carbamates (subject to hydrolysis) is 1. The topological polar surface area (TPSA) is 121 Å². The zero-order valence-electron chi connectivity index (χ0n) is 25.3. The summed E-state index contributed by atoms with van der Waals surface area (Å²) in [5.74, 6) is 3.63. The zero-order valence-corrected chi connectivity index (χ0v) is 25.3. The molecule has 5 rings (SSSR count). The van der Waals surface area contributed by atoms with Crippen LogP contribution in [0.2, 0.25) is 0 Å². The van der Waals surface area contributed by atoms with Crippen molar-refractivity contribution in [3.8, 4) is 0 Å². The van der Waals surface area contributed by atoms with Gasteiger partial charge in [0.2, 0.25) is 5.91 Å². The highest BCUT2D eigenvalue weighted by Crippen LogP contribution is 2.47. The molecular weight excluding hydrogens is 502 g/mol. The summed E-state index contributed by atoms with van der Waals surface area (Å²) in [6.45, 7) is 6.67. The van der Waals surface area contributed by atoms with Crippen molar-refractivity contribution in [1.29, 1.82) is 5.41 Å². The van der Waals surface area contributed by atoms with E-state index in [9.17, 15) is 9.59 Å². The van der Waals surface area contributed by atoms with Crippen molar-refractivity contribution < 1.29 is 14.3 Å². The summed E-state index contributed by atoms with van der Waals surface area (Å²) < 4.78 is 5.43. The van der Waals surface area contributed by atoms with Crippen molar-refractivity contribution in [2.24, 2.45) is 35.3 Å². The van der Waals surface area contributed by atoms with Crippen LogP contribution in [0.5, 0.6) is 0 Å². The third kappa shape index (κ3) is 7.14. The monoisotopic (exact) mass is 557 g/mol. The molecule has 0 radical (unpaired) electrons. The van der Waals surface area contributed by atoms with Crippen LogP contribution in [0.4, 0.5) is 4.79 Å². The van der Waals surface area contributed by atoms with Crippen molar-refractivity contribution in [3.63, 3.8) is 0 Å². The smallest absolute Gasteiger partial charge is 0.407 e. The predicted molar refractivity (Wildman–Crippen MR) is 158 cm³/mol. The molecule has 2 amide bonds. The molecule has 4 saturated carbocycles. The molecular formula is C32H55N5O3. The summed E-state index contributed by atoms with van der Waals surface area (Å²) in [7, 11) is 0. The zero-order chi connectivity index (χ0) is 28.4. The van der Waals surface area contributed by atoms with Gasteiger partial charge in [0.05, 0.1) is 11.9 Å². The van der Waals surface area contributed by atoms with Crippen LogP contribution < -0.4 is 16.4 Å². The van der Waals surface area contributed by atoms with Crippen LogP contribution in [-0.2, 0) is 9.53 Å². The molecule has 5 N–H and O–H groups in total. The number of carbonyl (C=O) groups excluding carboxylic acids is 2. The van der Waals surface area contributed by atoms with E-state index in [0.717, 1.165) is 69.7 Å². The Morgan fingerprint density at radius 3 is 2.23 bits per heavy atom. The number of likely N-dealkylation sites (tertiary alicyclic amines) is 1. The molecule has 8 heteroatoms. The molecule has 0 aromatic rings. The van der Waals surface area contributed by atoms with Crippen molar-refractivity contribution in [1.82, 2.24) is 15.5 Å².